The Morgan fingerprint density at radius 3 is 2.30 bits per heavy atom. The van der Waals surface area contributed by atoms with Crippen LogP contribution in [0.1, 0.15) is 63.4 Å². The first-order valence-corrected chi connectivity index (χ1v) is 11.4. The second kappa shape index (κ2) is 11.9. The smallest absolute Gasteiger partial charge is 0.315 e. The summed E-state index contributed by atoms with van der Waals surface area (Å²) in [6.07, 6.45) is 8.71. The van der Waals surface area contributed by atoms with Gasteiger partial charge in [-0.05, 0) is 49.8 Å². The van der Waals surface area contributed by atoms with Crippen molar-refractivity contribution in [3.63, 3.8) is 0 Å². The van der Waals surface area contributed by atoms with Gasteiger partial charge in [0.05, 0.1) is 0 Å². The van der Waals surface area contributed by atoms with Gasteiger partial charge in [-0.25, -0.2) is 9.18 Å². The van der Waals surface area contributed by atoms with E-state index in [1.54, 1.807) is 0 Å². The number of urea groups is 1. The highest BCUT2D eigenvalue weighted by atomic mass is 19.1. The van der Waals surface area contributed by atoms with Gasteiger partial charge >= 0.3 is 6.03 Å². The largest absolute Gasteiger partial charge is 0.353 e. The van der Waals surface area contributed by atoms with E-state index in [0.29, 0.717) is 25.4 Å². The molecule has 0 radical (unpaired) electrons. The van der Waals surface area contributed by atoms with Gasteiger partial charge < -0.3 is 16.0 Å². The maximum atomic E-state index is 13.0. The van der Waals surface area contributed by atoms with Crippen LogP contribution >= 0.6 is 0 Å². The van der Waals surface area contributed by atoms with Crippen molar-refractivity contribution in [1.29, 1.82) is 0 Å². The van der Waals surface area contributed by atoms with Crippen molar-refractivity contribution in [2.24, 2.45) is 0 Å². The predicted octanol–water partition coefficient (Wildman–Crippen LogP) is 3.32. The van der Waals surface area contributed by atoms with E-state index in [4.69, 9.17) is 0 Å². The lowest BCUT2D eigenvalue weighted by Crippen LogP contribution is -2.45. The highest BCUT2D eigenvalue weighted by Crippen LogP contribution is 2.17. The molecule has 1 aliphatic heterocycles. The molecule has 7 heteroatoms. The Bertz CT molecular complexity index is 668. The maximum absolute atomic E-state index is 13.0. The Labute approximate surface area is 179 Å². The SMILES string of the molecule is O=C(CCCNC(=O)NC1CCCCC1)NC1CCN(Cc2ccc(F)cc2)CC1. The number of nitrogens with zero attached hydrogens (tertiary/aromatic N) is 1. The van der Waals surface area contributed by atoms with Gasteiger partial charge in [-0.15, -0.1) is 0 Å². The van der Waals surface area contributed by atoms with E-state index < -0.39 is 0 Å². The molecule has 0 unspecified atom stereocenters. The molecule has 1 saturated carbocycles. The number of nitrogens with one attached hydrogen (secondary N) is 3. The van der Waals surface area contributed by atoms with Crippen LogP contribution < -0.4 is 16.0 Å². The van der Waals surface area contributed by atoms with Crippen molar-refractivity contribution in [1.82, 2.24) is 20.9 Å². The summed E-state index contributed by atoms with van der Waals surface area (Å²) < 4.78 is 13.0. The lowest BCUT2D eigenvalue weighted by molar-refractivity contribution is -0.122. The lowest BCUT2D eigenvalue weighted by Gasteiger charge is -2.32. The summed E-state index contributed by atoms with van der Waals surface area (Å²) >= 11 is 0. The van der Waals surface area contributed by atoms with Crippen LogP contribution in [0, 0.1) is 5.82 Å². The normalized spacial score (nSPS) is 18.7. The maximum Gasteiger partial charge on any atom is 0.315 e. The zero-order valence-corrected chi connectivity index (χ0v) is 17.8. The first kappa shape index (κ1) is 22.5. The van der Waals surface area contributed by atoms with E-state index in [2.05, 4.69) is 20.9 Å². The number of halogens is 1. The molecule has 2 aliphatic rings. The predicted molar refractivity (Wildman–Crippen MR) is 115 cm³/mol. The molecule has 1 saturated heterocycles. The van der Waals surface area contributed by atoms with E-state index in [-0.39, 0.29) is 23.8 Å². The Morgan fingerprint density at radius 1 is 0.933 bits per heavy atom. The fourth-order valence-electron chi connectivity index (χ4n) is 4.32. The van der Waals surface area contributed by atoms with Gasteiger partial charge in [0, 0.05) is 44.7 Å². The monoisotopic (exact) mass is 418 g/mol. The average molecular weight is 419 g/mol. The fraction of sp³-hybridized carbons (Fsp3) is 0.652. The molecular weight excluding hydrogens is 383 g/mol. The number of carbonyl (C=O) groups is 2. The second-order valence-corrected chi connectivity index (χ2v) is 8.58. The van der Waals surface area contributed by atoms with Gasteiger partial charge in [0.25, 0.3) is 0 Å². The molecular formula is C23H35FN4O2. The van der Waals surface area contributed by atoms with E-state index in [1.807, 2.05) is 12.1 Å². The minimum absolute atomic E-state index is 0.0569. The van der Waals surface area contributed by atoms with Crippen molar-refractivity contribution < 1.29 is 14.0 Å². The average Bonchev–Trinajstić information content (AvgIpc) is 2.75. The molecule has 1 aliphatic carbocycles. The molecule has 1 aromatic carbocycles. The highest BCUT2D eigenvalue weighted by molar-refractivity contribution is 5.76. The molecule has 0 atom stereocenters. The molecule has 1 heterocycles. The van der Waals surface area contributed by atoms with Crippen LogP contribution in [-0.4, -0.2) is 48.6 Å². The molecule has 1 aromatic rings. The topological polar surface area (TPSA) is 73.5 Å². The lowest BCUT2D eigenvalue weighted by atomic mass is 9.96. The molecule has 2 fully saturated rings. The zero-order chi connectivity index (χ0) is 21.2. The van der Waals surface area contributed by atoms with Crippen molar-refractivity contribution in [3.8, 4) is 0 Å². The number of likely N-dealkylation sites (tertiary alicyclic amines) is 1. The first-order valence-electron chi connectivity index (χ1n) is 11.4. The van der Waals surface area contributed by atoms with Gasteiger partial charge in [-0.1, -0.05) is 31.4 Å². The fourth-order valence-corrected chi connectivity index (χ4v) is 4.32. The quantitative estimate of drug-likeness (QED) is 0.567. The van der Waals surface area contributed by atoms with Gasteiger partial charge in [0.15, 0.2) is 0 Å². The number of benzene rings is 1. The van der Waals surface area contributed by atoms with Crippen LogP contribution in [0.15, 0.2) is 24.3 Å². The summed E-state index contributed by atoms with van der Waals surface area (Å²) in [6.45, 7) is 3.17. The number of rotatable bonds is 8. The van der Waals surface area contributed by atoms with Crippen molar-refractivity contribution >= 4 is 11.9 Å². The van der Waals surface area contributed by atoms with Gasteiger partial charge in [-0.3, -0.25) is 9.69 Å². The van der Waals surface area contributed by atoms with Crippen LogP contribution in [0.25, 0.3) is 0 Å². The van der Waals surface area contributed by atoms with Crippen molar-refractivity contribution in [2.75, 3.05) is 19.6 Å². The number of carbonyl (C=O) groups excluding carboxylic acids is 2. The van der Waals surface area contributed by atoms with Gasteiger partial charge in [0.2, 0.25) is 5.91 Å². The number of amides is 3. The molecule has 0 aromatic heterocycles. The van der Waals surface area contributed by atoms with E-state index in [0.717, 1.165) is 50.9 Å². The minimum Gasteiger partial charge on any atom is -0.353 e. The van der Waals surface area contributed by atoms with Crippen molar-refractivity contribution in [2.45, 2.75) is 76.4 Å². The summed E-state index contributed by atoms with van der Waals surface area (Å²) in [5, 5.41) is 9.01. The number of hydrogen-bond acceptors (Lipinski definition) is 3. The van der Waals surface area contributed by atoms with Crippen molar-refractivity contribution in [3.05, 3.63) is 35.6 Å². The van der Waals surface area contributed by atoms with Crippen LogP contribution in [0.5, 0.6) is 0 Å². The standard InChI is InChI=1S/C23H35FN4O2/c24-19-10-8-18(9-11-19)17-28-15-12-21(13-16-28)26-22(29)7-4-14-25-23(30)27-20-5-2-1-3-6-20/h8-11,20-21H,1-7,12-17H2,(H,26,29)(H2,25,27,30). The molecule has 30 heavy (non-hydrogen) atoms. The summed E-state index contributed by atoms with van der Waals surface area (Å²) in [5.74, 6) is -0.151. The minimum atomic E-state index is -0.208. The van der Waals surface area contributed by atoms with E-state index in [9.17, 15) is 14.0 Å². The Kier molecular flexibility index (Phi) is 8.93. The first-order chi connectivity index (χ1) is 14.6. The van der Waals surface area contributed by atoms with Crippen LogP contribution in [0.4, 0.5) is 9.18 Å². The Balaban J connectivity index is 1.23. The van der Waals surface area contributed by atoms with Gasteiger partial charge in [-0.2, -0.15) is 0 Å². The molecule has 0 bridgehead atoms. The summed E-state index contributed by atoms with van der Waals surface area (Å²) in [4.78, 5) is 26.4. The third kappa shape index (κ3) is 7.94. The van der Waals surface area contributed by atoms with E-state index in [1.165, 1.54) is 31.4 Å². The highest BCUT2D eigenvalue weighted by Gasteiger charge is 2.20. The third-order valence-corrected chi connectivity index (χ3v) is 6.08. The van der Waals surface area contributed by atoms with Crippen LogP contribution in [0.2, 0.25) is 0 Å². The van der Waals surface area contributed by atoms with Gasteiger partial charge in [0.1, 0.15) is 5.82 Å². The molecule has 166 valence electrons. The van der Waals surface area contributed by atoms with E-state index >= 15 is 0 Å². The third-order valence-electron chi connectivity index (χ3n) is 6.08. The Morgan fingerprint density at radius 2 is 1.60 bits per heavy atom. The second-order valence-electron chi connectivity index (χ2n) is 8.58. The molecule has 6 nitrogen and oxygen atoms in total. The molecule has 3 rings (SSSR count). The number of piperidine rings is 1. The molecule has 3 N–H and O–H groups in total. The van der Waals surface area contributed by atoms with Crippen LogP contribution in [0.3, 0.4) is 0 Å². The van der Waals surface area contributed by atoms with Crippen LogP contribution in [-0.2, 0) is 11.3 Å². The molecule has 3 amide bonds. The summed E-state index contributed by atoms with van der Waals surface area (Å²) in [5.41, 5.74) is 1.11. The zero-order valence-electron chi connectivity index (χ0n) is 17.8. The summed E-state index contributed by atoms with van der Waals surface area (Å²) in [6, 6.07) is 7.05. The summed E-state index contributed by atoms with van der Waals surface area (Å²) in [7, 11) is 0. The molecule has 0 spiro atoms. The Hall–Kier alpha value is -2.15. The number of hydrogen-bond donors (Lipinski definition) is 3.